The largest absolute Gasteiger partial charge is 0.497 e. The fourth-order valence-electron chi connectivity index (χ4n) is 1.95. The van der Waals surface area contributed by atoms with Crippen molar-refractivity contribution in [2.45, 2.75) is 6.54 Å². The first-order valence-corrected chi connectivity index (χ1v) is 6.98. The van der Waals surface area contributed by atoms with Crippen LogP contribution in [-0.2, 0) is 11.3 Å². The molecule has 6 nitrogen and oxygen atoms in total. The molecule has 0 radical (unpaired) electrons. The van der Waals surface area contributed by atoms with E-state index < -0.39 is 5.97 Å². The van der Waals surface area contributed by atoms with Crippen molar-refractivity contribution in [2.75, 3.05) is 19.5 Å². The van der Waals surface area contributed by atoms with E-state index in [1.165, 1.54) is 7.11 Å². The Kier molecular flexibility index (Phi) is 5.57. The van der Waals surface area contributed by atoms with Crippen molar-refractivity contribution in [1.82, 2.24) is 5.32 Å². The summed E-state index contributed by atoms with van der Waals surface area (Å²) in [6, 6.07) is 13.6. The first-order valence-electron chi connectivity index (χ1n) is 6.98. The van der Waals surface area contributed by atoms with Gasteiger partial charge in [0.2, 0.25) is 0 Å². The van der Waals surface area contributed by atoms with Gasteiger partial charge >= 0.3 is 12.0 Å². The van der Waals surface area contributed by atoms with Gasteiger partial charge in [-0.25, -0.2) is 9.59 Å². The number of carbonyl (C=O) groups is 2. The number of hydrogen-bond donors (Lipinski definition) is 2. The Balaban J connectivity index is 1.88. The van der Waals surface area contributed by atoms with Gasteiger partial charge in [-0.15, -0.1) is 0 Å². The van der Waals surface area contributed by atoms with Gasteiger partial charge < -0.3 is 20.1 Å². The first kappa shape index (κ1) is 16.4. The molecule has 0 aliphatic rings. The maximum Gasteiger partial charge on any atom is 0.337 e. The third-order valence-electron chi connectivity index (χ3n) is 3.15. The van der Waals surface area contributed by atoms with E-state index in [-0.39, 0.29) is 6.03 Å². The van der Waals surface area contributed by atoms with E-state index in [1.807, 2.05) is 24.3 Å². The standard InChI is InChI=1S/C17H18N2O4/c1-22-15-5-3-4-12(10-15)11-18-17(21)19-14-8-6-13(7-9-14)16(20)23-2/h3-10H,11H2,1-2H3,(H2,18,19,21). The molecule has 23 heavy (non-hydrogen) atoms. The monoisotopic (exact) mass is 314 g/mol. The summed E-state index contributed by atoms with van der Waals surface area (Å²) in [7, 11) is 2.91. The van der Waals surface area contributed by atoms with E-state index in [1.54, 1.807) is 31.4 Å². The zero-order valence-corrected chi connectivity index (χ0v) is 13.0. The molecule has 6 heteroatoms. The van der Waals surface area contributed by atoms with Gasteiger partial charge in [0.15, 0.2) is 0 Å². The van der Waals surface area contributed by atoms with E-state index in [0.717, 1.165) is 11.3 Å². The van der Waals surface area contributed by atoms with Crippen molar-refractivity contribution in [1.29, 1.82) is 0 Å². The highest BCUT2D eigenvalue weighted by atomic mass is 16.5. The van der Waals surface area contributed by atoms with E-state index in [2.05, 4.69) is 15.4 Å². The number of benzene rings is 2. The summed E-state index contributed by atoms with van der Waals surface area (Å²) >= 11 is 0. The Hall–Kier alpha value is -3.02. The Labute approximate surface area is 134 Å². The summed E-state index contributed by atoms with van der Waals surface area (Å²) in [4.78, 5) is 23.2. The average Bonchev–Trinajstić information content (AvgIpc) is 2.60. The van der Waals surface area contributed by atoms with Gasteiger partial charge in [-0.2, -0.15) is 0 Å². The molecule has 2 rings (SSSR count). The molecule has 2 N–H and O–H groups in total. The Morgan fingerprint density at radius 1 is 1.04 bits per heavy atom. The van der Waals surface area contributed by atoms with E-state index >= 15 is 0 Å². The molecular weight excluding hydrogens is 296 g/mol. The molecule has 0 saturated carbocycles. The third-order valence-corrected chi connectivity index (χ3v) is 3.15. The second kappa shape index (κ2) is 7.84. The van der Waals surface area contributed by atoms with Crippen LogP contribution in [0.25, 0.3) is 0 Å². The van der Waals surface area contributed by atoms with Gasteiger partial charge in [-0.1, -0.05) is 12.1 Å². The second-order valence-corrected chi connectivity index (χ2v) is 4.73. The minimum Gasteiger partial charge on any atom is -0.497 e. The molecule has 0 atom stereocenters. The summed E-state index contributed by atoms with van der Waals surface area (Å²) in [6.45, 7) is 0.378. The molecule has 0 spiro atoms. The molecule has 0 aliphatic carbocycles. The SMILES string of the molecule is COC(=O)c1ccc(NC(=O)NCc2cccc(OC)c2)cc1. The number of hydrogen-bond acceptors (Lipinski definition) is 4. The predicted octanol–water partition coefficient (Wildman–Crippen LogP) is 2.80. The Bertz CT molecular complexity index is 683. The predicted molar refractivity (Wildman–Crippen MR) is 86.6 cm³/mol. The number of methoxy groups -OCH3 is 2. The number of ether oxygens (including phenoxy) is 2. The van der Waals surface area contributed by atoms with Crippen LogP contribution in [0, 0.1) is 0 Å². The minimum absolute atomic E-state index is 0.335. The van der Waals surface area contributed by atoms with Crippen LogP contribution in [0.3, 0.4) is 0 Å². The summed E-state index contributed by atoms with van der Waals surface area (Å²) in [6.07, 6.45) is 0. The Morgan fingerprint density at radius 2 is 1.78 bits per heavy atom. The van der Waals surface area contributed by atoms with E-state index in [0.29, 0.717) is 17.8 Å². The average molecular weight is 314 g/mol. The molecule has 0 heterocycles. The number of anilines is 1. The van der Waals surface area contributed by atoms with E-state index in [4.69, 9.17) is 4.74 Å². The normalized spacial score (nSPS) is 9.83. The fourth-order valence-corrected chi connectivity index (χ4v) is 1.95. The molecule has 0 aromatic heterocycles. The molecular formula is C17H18N2O4. The third kappa shape index (κ3) is 4.74. The van der Waals surface area contributed by atoms with E-state index in [9.17, 15) is 9.59 Å². The lowest BCUT2D eigenvalue weighted by Gasteiger charge is -2.09. The van der Waals surface area contributed by atoms with Crippen molar-refractivity contribution in [3.63, 3.8) is 0 Å². The van der Waals surface area contributed by atoms with Gasteiger partial charge in [0.25, 0.3) is 0 Å². The quantitative estimate of drug-likeness (QED) is 0.832. The van der Waals surface area contributed by atoms with Crippen LogP contribution in [-0.4, -0.2) is 26.2 Å². The van der Waals surface area contributed by atoms with Gasteiger partial charge in [0, 0.05) is 12.2 Å². The van der Waals surface area contributed by atoms with Crippen molar-refractivity contribution in [3.05, 3.63) is 59.7 Å². The number of esters is 1. The maximum absolute atomic E-state index is 11.9. The lowest BCUT2D eigenvalue weighted by molar-refractivity contribution is 0.0601. The molecule has 0 fully saturated rings. The molecule has 0 bridgehead atoms. The first-order chi connectivity index (χ1) is 11.1. The van der Waals surface area contributed by atoms with Gasteiger partial charge in [0.1, 0.15) is 5.75 Å². The van der Waals surface area contributed by atoms with Crippen LogP contribution in [0.4, 0.5) is 10.5 Å². The molecule has 120 valence electrons. The smallest absolute Gasteiger partial charge is 0.337 e. The summed E-state index contributed by atoms with van der Waals surface area (Å²) in [5.41, 5.74) is 1.94. The lowest BCUT2D eigenvalue weighted by Crippen LogP contribution is -2.28. The highest BCUT2D eigenvalue weighted by Crippen LogP contribution is 2.13. The van der Waals surface area contributed by atoms with Crippen LogP contribution < -0.4 is 15.4 Å². The number of amides is 2. The summed E-state index contributed by atoms with van der Waals surface area (Å²) in [5.74, 6) is 0.321. The molecule has 2 amide bonds. The molecule has 0 aliphatic heterocycles. The van der Waals surface area contributed by atoms with Crippen LogP contribution in [0.2, 0.25) is 0 Å². The zero-order valence-electron chi connectivity index (χ0n) is 13.0. The van der Waals surface area contributed by atoms with Crippen molar-refractivity contribution in [2.24, 2.45) is 0 Å². The number of urea groups is 1. The molecule has 0 unspecified atom stereocenters. The van der Waals surface area contributed by atoms with Crippen molar-refractivity contribution < 1.29 is 19.1 Å². The molecule has 2 aromatic rings. The van der Waals surface area contributed by atoms with Crippen molar-refractivity contribution >= 4 is 17.7 Å². The number of nitrogens with one attached hydrogen (secondary N) is 2. The van der Waals surface area contributed by atoms with Gasteiger partial charge in [-0.3, -0.25) is 0 Å². The topological polar surface area (TPSA) is 76.7 Å². The lowest BCUT2D eigenvalue weighted by atomic mass is 10.2. The minimum atomic E-state index is -0.418. The van der Waals surface area contributed by atoms with Crippen LogP contribution in [0.5, 0.6) is 5.75 Å². The number of rotatable bonds is 5. The highest BCUT2D eigenvalue weighted by molar-refractivity contribution is 5.92. The zero-order chi connectivity index (χ0) is 16.7. The van der Waals surface area contributed by atoms with Crippen LogP contribution in [0.15, 0.2) is 48.5 Å². The van der Waals surface area contributed by atoms with Crippen LogP contribution >= 0.6 is 0 Å². The highest BCUT2D eigenvalue weighted by Gasteiger charge is 2.06. The van der Waals surface area contributed by atoms with Crippen molar-refractivity contribution in [3.8, 4) is 5.75 Å². The summed E-state index contributed by atoms with van der Waals surface area (Å²) < 4.78 is 9.75. The van der Waals surface area contributed by atoms with Gasteiger partial charge in [0.05, 0.1) is 19.8 Å². The Morgan fingerprint density at radius 3 is 2.43 bits per heavy atom. The number of carbonyl (C=O) groups excluding carboxylic acids is 2. The fraction of sp³-hybridized carbons (Fsp3) is 0.176. The van der Waals surface area contributed by atoms with Gasteiger partial charge in [-0.05, 0) is 42.0 Å². The summed E-state index contributed by atoms with van der Waals surface area (Å²) in [5, 5.41) is 5.44. The van der Waals surface area contributed by atoms with Crippen LogP contribution in [0.1, 0.15) is 15.9 Å². The maximum atomic E-state index is 11.9. The second-order valence-electron chi connectivity index (χ2n) is 4.73. The molecule has 2 aromatic carbocycles. The molecule has 0 saturated heterocycles.